The van der Waals surface area contributed by atoms with Crippen LogP contribution >= 0.6 is 0 Å². The molecule has 0 aliphatic rings. The zero-order chi connectivity index (χ0) is 23.3. The number of halogens is 3. The minimum Gasteiger partial charge on any atom is -0.406 e. The highest BCUT2D eigenvalue weighted by Gasteiger charge is 2.31. The van der Waals surface area contributed by atoms with Gasteiger partial charge in [0, 0.05) is 41.8 Å². The Morgan fingerprint density at radius 3 is 2.66 bits per heavy atom. The molecule has 0 radical (unpaired) electrons. The summed E-state index contributed by atoms with van der Waals surface area (Å²) in [7, 11) is 0. The lowest BCUT2D eigenvalue weighted by Crippen LogP contribution is -2.17. The molecule has 0 unspecified atom stereocenters. The second-order valence-electron chi connectivity index (χ2n) is 7.66. The van der Waals surface area contributed by atoms with Crippen LogP contribution in [0.1, 0.15) is 53.6 Å². The third-order valence-corrected chi connectivity index (χ3v) is 5.41. The molecule has 2 aromatic heterocycles. The number of hydrogen-bond donors (Lipinski definition) is 2. The second-order valence-corrected chi connectivity index (χ2v) is 7.66. The number of aromatic amines is 1. The maximum atomic E-state index is 12.8. The Morgan fingerprint density at radius 2 is 2.03 bits per heavy atom. The fourth-order valence-electron chi connectivity index (χ4n) is 4.02. The fourth-order valence-corrected chi connectivity index (χ4v) is 4.02. The number of carbonyl (C=O) groups is 1. The molecule has 6 nitrogen and oxygen atoms in total. The second kappa shape index (κ2) is 9.93. The van der Waals surface area contributed by atoms with Crippen LogP contribution < -0.4 is 10.5 Å². The summed E-state index contributed by atoms with van der Waals surface area (Å²) >= 11 is 0. The molecule has 0 aliphatic carbocycles. The Bertz CT molecular complexity index is 1060. The van der Waals surface area contributed by atoms with Gasteiger partial charge in [0.15, 0.2) is 0 Å². The molecule has 1 amide bonds. The van der Waals surface area contributed by atoms with Gasteiger partial charge in [0.05, 0.1) is 11.9 Å². The van der Waals surface area contributed by atoms with E-state index in [0.717, 1.165) is 30.7 Å². The first-order chi connectivity index (χ1) is 15.2. The minimum atomic E-state index is -4.80. The number of amides is 1. The van der Waals surface area contributed by atoms with Gasteiger partial charge in [-0.25, -0.2) is 4.98 Å². The number of nitrogens with one attached hydrogen (secondary N) is 1. The molecule has 32 heavy (non-hydrogen) atoms. The third kappa shape index (κ3) is 5.52. The highest BCUT2D eigenvalue weighted by atomic mass is 19.4. The van der Waals surface area contributed by atoms with Crippen LogP contribution in [0.4, 0.5) is 13.2 Å². The van der Waals surface area contributed by atoms with Crippen molar-refractivity contribution >= 4 is 5.91 Å². The van der Waals surface area contributed by atoms with Crippen LogP contribution in [-0.2, 0) is 19.4 Å². The largest absolute Gasteiger partial charge is 0.573 e. The Hall–Kier alpha value is -3.23. The molecule has 9 heteroatoms. The molecule has 3 aromatic rings. The summed E-state index contributed by atoms with van der Waals surface area (Å²) in [5.41, 5.74) is 9.63. The first-order valence-corrected chi connectivity index (χ1v) is 10.6. The molecule has 1 aromatic carbocycles. The monoisotopic (exact) mass is 448 g/mol. The van der Waals surface area contributed by atoms with E-state index in [1.165, 1.54) is 18.2 Å². The average Bonchev–Trinajstić information content (AvgIpc) is 3.32. The van der Waals surface area contributed by atoms with Gasteiger partial charge < -0.3 is 20.0 Å². The summed E-state index contributed by atoms with van der Waals surface area (Å²) in [6, 6.07) is 5.69. The lowest BCUT2D eigenvalue weighted by Gasteiger charge is -2.14. The van der Waals surface area contributed by atoms with Gasteiger partial charge in [0.2, 0.25) is 0 Å². The van der Waals surface area contributed by atoms with E-state index >= 15 is 0 Å². The number of alkyl halides is 3. The van der Waals surface area contributed by atoms with Crippen molar-refractivity contribution in [3.63, 3.8) is 0 Å². The van der Waals surface area contributed by atoms with Crippen LogP contribution in [0.25, 0.3) is 11.1 Å². The molecular weight excluding hydrogens is 421 g/mol. The smallest absolute Gasteiger partial charge is 0.406 e. The van der Waals surface area contributed by atoms with Gasteiger partial charge in [0.1, 0.15) is 5.75 Å². The van der Waals surface area contributed by atoms with Crippen molar-refractivity contribution in [1.82, 2.24) is 14.5 Å². The number of imidazole rings is 1. The number of unbranched alkanes of at least 4 members (excludes halogenated alkanes) is 2. The number of hydrogen-bond acceptors (Lipinski definition) is 3. The van der Waals surface area contributed by atoms with E-state index in [-0.39, 0.29) is 5.75 Å². The normalized spacial score (nSPS) is 11.7. The number of benzene rings is 1. The highest BCUT2D eigenvalue weighted by molar-refractivity contribution is 6.02. The summed E-state index contributed by atoms with van der Waals surface area (Å²) in [6.07, 6.45) is 2.76. The maximum absolute atomic E-state index is 12.8. The van der Waals surface area contributed by atoms with E-state index < -0.39 is 12.3 Å². The Balaban J connectivity index is 2.11. The molecule has 0 saturated carbocycles. The van der Waals surface area contributed by atoms with Gasteiger partial charge >= 0.3 is 6.36 Å². The Labute approximate surface area is 184 Å². The van der Waals surface area contributed by atoms with Gasteiger partial charge in [-0.3, -0.25) is 4.79 Å². The topological polar surface area (TPSA) is 85.9 Å². The summed E-state index contributed by atoms with van der Waals surface area (Å²) < 4.78 is 44.4. The Kier molecular flexibility index (Phi) is 7.27. The number of rotatable bonds is 10. The summed E-state index contributed by atoms with van der Waals surface area (Å²) in [6.45, 7) is 4.49. The zero-order valence-corrected chi connectivity index (χ0v) is 18.1. The zero-order valence-electron chi connectivity index (χ0n) is 18.1. The first-order valence-electron chi connectivity index (χ1n) is 10.6. The predicted molar refractivity (Wildman–Crippen MR) is 115 cm³/mol. The Morgan fingerprint density at radius 1 is 1.25 bits per heavy atom. The maximum Gasteiger partial charge on any atom is 0.573 e. The fraction of sp³-hybridized carbons (Fsp3) is 0.391. The minimum absolute atomic E-state index is 0.324. The van der Waals surface area contributed by atoms with Crippen LogP contribution in [0.2, 0.25) is 0 Å². The quantitative estimate of drug-likeness (QED) is 0.420. The molecule has 0 saturated heterocycles. The molecule has 172 valence electrons. The number of aromatic nitrogens is 3. The number of ether oxygens (including phenoxy) is 1. The van der Waals surface area contributed by atoms with Crippen LogP contribution in [0.3, 0.4) is 0 Å². The van der Waals surface area contributed by atoms with E-state index in [0.29, 0.717) is 41.8 Å². The summed E-state index contributed by atoms with van der Waals surface area (Å²) in [4.78, 5) is 19.5. The van der Waals surface area contributed by atoms with Gasteiger partial charge in [-0.1, -0.05) is 31.9 Å². The number of H-pyrrole nitrogens is 1. The molecule has 0 aliphatic heterocycles. The van der Waals surface area contributed by atoms with E-state index in [2.05, 4.69) is 21.6 Å². The number of nitrogens with zero attached hydrogens (tertiary/aromatic N) is 2. The van der Waals surface area contributed by atoms with Crippen LogP contribution in [0.5, 0.6) is 5.75 Å². The van der Waals surface area contributed by atoms with Crippen LogP contribution in [-0.4, -0.2) is 26.8 Å². The standard InChI is InChI=1S/C23H27F3N4O2/c1-3-4-5-9-19-21(16-7-6-8-18(12-16)32-23(24,25)26)20(22(27)31)15(2)30(19)11-10-17-13-28-14-29-17/h6-8,12-14H,3-5,9-11H2,1-2H3,(H2,27,31)(H,28,29). The van der Waals surface area contributed by atoms with Crippen molar-refractivity contribution in [1.29, 1.82) is 0 Å². The number of primary amides is 1. The van der Waals surface area contributed by atoms with Crippen molar-refractivity contribution in [2.75, 3.05) is 0 Å². The van der Waals surface area contributed by atoms with Crippen LogP contribution in [0, 0.1) is 6.92 Å². The van der Waals surface area contributed by atoms with E-state index in [9.17, 15) is 18.0 Å². The molecule has 3 rings (SSSR count). The van der Waals surface area contributed by atoms with Crippen molar-refractivity contribution in [2.45, 2.75) is 58.9 Å². The molecule has 0 atom stereocenters. The van der Waals surface area contributed by atoms with Crippen molar-refractivity contribution in [3.8, 4) is 16.9 Å². The lowest BCUT2D eigenvalue weighted by atomic mass is 9.97. The summed E-state index contributed by atoms with van der Waals surface area (Å²) in [5.74, 6) is -0.954. The van der Waals surface area contributed by atoms with Crippen LogP contribution in [0.15, 0.2) is 36.8 Å². The van der Waals surface area contributed by atoms with Crippen molar-refractivity contribution in [2.24, 2.45) is 5.73 Å². The molecule has 0 spiro atoms. The molecule has 0 fully saturated rings. The highest BCUT2D eigenvalue weighted by Crippen LogP contribution is 2.36. The predicted octanol–water partition coefficient (Wildman–Crippen LogP) is 5.16. The molecule has 3 N–H and O–H groups in total. The number of aryl methyl sites for hydroxylation is 1. The average molecular weight is 448 g/mol. The molecule has 2 heterocycles. The number of nitrogens with two attached hydrogens (primary N) is 1. The van der Waals surface area contributed by atoms with E-state index in [1.54, 1.807) is 18.6 Å². The lowest BCUT2D eigenvalue weighted by molar-refractivity contribution is -0.274. The van der Waals surface area contributed by atoms with E-state index in [1.807, 2.05) is 11.5 Å². The van der Waals surface area contributed by atoms with Gasteiger partial charge in [-0.05, 0) is 37.5 Å². The molecular formula is C23H27F3N4O2. The first kappa shape index (κ1) is 23.4. The van der Waals surface area contributed by atoms with Crippen molar-refractivity contribution in [3.05, 3.63) is 59.4 Å². The number of carbonyl (C=O) groups excluding carboxylic acids is 1. The van der Waals surface area contributed by atoms with Gasteiger partial charge in [0.25, 0.3) is 5.91 Å². The SMILES string of the molecule is CCCCCc1c(-c2cccc(OC(F)(F)F)c2)c(C(N)=O)c(C)n1CCc1cnc[nH]1. The van der Waals surface area contributed by atoms with E-state index in [4.69, 9.17) is 5.73 Å². The molecule has 0 bridgehead atoms. The van der Waals surface area contributed by atoms with Crippen molar-refractivity contribution < 1.29 is 22.7 Å². The van der Waals surface area contributed by atoms with Gasteiger partial charge in [-0.15, -0.1) is 13.2 Å². The van der Waals surface area contributed by atoms with Gasteiger partial charge in [-0.2, -0.15) is 0 Å². The summed E-state index contributed by atoms with van der Waals surface area (Å²) in [5, 5.41) is 0. The third-order valence-electron chi connectivity index (χ3n) is 5.41.